The van der Waals surface area contributed by atoms with Crippen LogP contribution >= 0.6 is 15.9 Å². The van der Waals surface area contributed by atoms with Crippen LogP contribution < -0.4 is 11.1 Å². The maximum absolute atomic E-state index is 12.9. The fourth-order valence-electron chi connectivity index (χ4n) is 3.73. The average molecular weight is 558 g/mol. The van der Waals surface area contributed by atoms with E-state index < -0.39 is 5.97 Å². The van der Waals surface area contributed by atoms with E-state index in [-0.39, 0.29) is 29.9 Å². The van der Waals surface area contributed by atoms with Crippen LogP contribution in [-0.2, 0) is 4.74 Å². The number of aromatic nitrogens is 1. The zero-order valence-electron chi connectivity index (χ0n) is 20.0. The van der Waals surface area contributed by atoms with Crippen LogP contribution in [0.25, 0.3) is 11.1 Å². The normalized spacial score (nSPS) is 11.4. The number of benzene rings is 3. The summed E-state index contributed by atoms with van der Waals surface area (Å²) < 4.78 is 6.13. The largest absolute Gasteiger partial charge is 0.454 e. The first-order valence-corrected chi connectivity index (χ1v) is 12.3. The molecule has 3 N–H and O–H groups in total. The molecule has 1 unspecified atom stereocenters. The first-order chi connectivity index (χ1) is 17.8. The summed E-state index contributed by atoms with van der Waals surface area (Å²) in [6.07, 6.45) is 3.19. The Morgan fingerprint density at radius 1 is 0.919 bits per heavy atom. The number of ether oxygens (including phenoxy) is 1. The van der Waals surface area contributed by atoms with E-state index >= 15 is 0 Å². The van der Waals surface area contributed by atoms with Crippen molar-refractivity contribution in [1.82, 2.24) is 4.98 Å². The molecule has 4 rings (SSSR count). The molecule has 37 heavy (non-hydrogen) atoms. The summed E-state index contributed by atoms with van der Waals surface area (Å²) in [7, 11) is 0. The number of anilines is 1. The zero-order valence-corrected chi connectivity index (χ0v) is 21.6. The van der Waals surface area contributed by atoms with Crippen molar-refractivity contribution in [2.24, 2.45) is 5.73 Å². The summed E-state index contributed by atoms with van der Waals surface area (Å²) in [4.78, 5) is 41.9. The van der Waals surface area contributed by atoms with Gasteiger partial charge in [0.15, 0.2) is 12.4 Å². The molecule has 186 valence electrons. The lowest BCUT2D eigenvalue weighted by atomic mass is 9.92. The quantitative estimate of drug-likeness (QED) is 0.208. The van der Waals surface area contributed by atoms with Crippen molar-refractivity contribution >= 4 is 39.3 Å². The van der Waals surface area contributed by atoms with E-state index in [0.29, 0.717) is 22.4 Å². The number of esters is 1. The molecular weight excluding hydrogens is 534 g/mol. The molecule has 1 amide bonds. The molecule has 0 aliphatic heterocycles. The fraction of sp³-hybridized carbons (Fsp3) is 0.103. The Balaban J connectivity index is 1.55. The van der Waals surface area contributed by atoms with Gasteiger partial charge in [-0.15, -0.1) is 0 Å². The Morgan fingerprint density at radius 3 is 2.32 bits per heavy atom. The minimum Gasteiger partial charge on any atom is -0.454 e. The molecule has 3 aromatic carbocycles. The van der Waals surface area contributed by atoms with Crippen LogP contribution in [0.5, 0.6) is 0 Å². The van der Waals surface area contributed by atoms with Crippen LogP contribution in [0, 0.1) is 0 Å². The SMILES string of the molecule is CC(N)c1ccc(C(=O)Nc2ccncc2)cc1-c1cccc(C(=O)OCC(=O)c2ccc(Br)cc2)c1. The van der Waals surface area contributed by atoms with Gasteiger partial charge >= 0.3 is 5.97 Å². The molecular formula is C29H24BrN3O4. The second-order valence-corrected chi connectivity index (χ2v) is 9.28. The summed E-state index contributed by atoms with van der Waals surface area (Å²) in [6.45, 7) is 1.47. The van der Waals surface area contributed by atoms with Crippen molar-refractivity contribution in [3.05, 3.63) is 118 Å². The molecule has 1 aromatic heterocycles. The summed E-state index contributed by atoms with van der Waals surface area (Å²) in [6, 6.07) is 22.0. The molecule has 0 saturated carbocycles. The third kappa shape index (κ3) is 6.55. The van der Waals surface area contributed by atoms with Gasteiger partial charge in [0, 0.05) is 39.7 Å². The number of halogens is 1. The lowest BCUT2D eigenvalue weighted by Crippen LogP contribution is -2.15. The van der Waals surface area contributed by atoms with Gasteiger partial charge in [-0.25, -0.2) is 4.79 Å². The molecule has 0 bridgehead atoms. The molecule has 0 aliphatic rings. The highest BCUT2D eigenvalue weighted by Crippen LogP contribution is 2.30. The maximum atomic E-state index is 12.9. The third-order valence-electron chi connectivity index (χ3n) is 5.65. The molecule has 4 aromatic rings. The standard InChI is InChI=1S/C29H24BrN3O4/c1-18(31)25-10-7-21(28(35)33-24-11-13-32-14-12-24)16-26(25)20-3-2-4-22(15-20)29(36)37-17-27(34)19-5-8-23(30)9-6-19/h2-16,18H,17,31H2,1H3,(H,32,33,35). The van der Waals surface area contributed by atoms with Crippen molar-refractivity contribution in [2.45, 2.75) is 13.0 Å². The molecule has 0 spiro atoms. The van der Waals surface area contributed by atoms with Gasteiger partial charge in [0.2, 0.25) is 0 Å². The van der Waals surface area contributed by atoms with Gasteiger partial charge in [-0.1, -0.05) is 46.3 Å². The van der Waals surface area contributed by atoms with Gasteiger partial charge in [-0.3, -0.25) is 14.6 Å². The van der Waals surface area contributed by atoms with E-state index in [0.717, 1.165) is 15.6 Å². The number of carbonyl (C=O) groups is 3. The number of nitrogens with one attached hydrogen (secondary N) is 1. The van der Waals surface area contributed by atoms with E-state index in [9.17, 15) is 14.4 Å². The number of Topliss-reactive ketones (excluding diaryl/α,β-unsaturated/α-hetero) is 1. The van der Waals surface area contributed by atoms with Crippen LogP contribution in [0.15, 0.2) is 95.7 Å². The number of hydrogen-bond acceptors (Lipinski definition) is 6. The first-order valence-electron chi connectivity index (χ1n) is 11.5. The average Bonchev–Trinajstić information content (AvgIpc) is 2.92. The number of carbonyl (C=O) groups excluding carboxylic acids is 3. The number of hydrogen-bond donors (Lipinski definition) is 2. The first kappa shape index (κ1) is 25.9. The van der Waals surface area contributed by atoms with Crippen LogP contribution in [0.3, 0.4) is 0 Å². The maximum Gasteiger partial charge on any atom is 0.338 e. The number of pyridine rings is 1. The Hall–Kier alpha value is -4.14. The summed E-state index contributed by atoms with van der Waals surface area (Å²) >= 11 is 3.33. The van der Waals surface area contributed by atoms with Gasteiger partial charge in [-0.2, -0.15) is 0 Å². The van der Waals surface area contributed by atoms with Crippen molar-refractivity contribution in [2.75, 3.05) is 11.9 Å². The van der Waals surface area contributed by atoms with E-state index in [1.807, 2.05) is 19.1 Å². The zero-order chi connectivity index (χ0) is 26.4. The Kier molecular flexibility index (Phi) is 8.22. The van der Waals surface area contributed by atoms with Gasteiger partial charge < -0.3 is 15.8 Å². The summed E-state index contributed by atoms with van der Waals surface area (Å²) in [5.41, 5.74) is 10.2. The Bertz CT molecular complexity index is 1440. The molecule has 1 heterocycles. The van der Waals surface area contributed by atoms with E-state index in [1.54, 1.807) is 79.1 Å². The van der Waals surface area contributed by atoms with Crippen molar-refractivity contribution in [3.63, 3.8) is 0 Å². The Morgan fingerprint density at radius 2 is 1.62 bits per heavy atom. The second-order valence-electron chi connectivity index (χ2n) is 8.37. The number of amides is 1. The van der Waals surface area contributed by atoms with E-state index in [2.05, 4.69) is 26.2 Å². The number of ketones is 1. The van der Waals surface area contributed by atoms with Crippen LogP contribution in [0.1, 0.15) is 49.6 Å². The lowest BCUT2D eigenvalue weighted by molar-refractivity contribution is 0.0475. The van der Waals surface area contributed by atoms with Crippen LogP contribution in [-0.4, -0.2) is 29.3 Å². The topological polar surface area (TPSA) is 111 Å². The summed E-state index contributed by atoms with van der Waals surface area (Å²) in [5, 5.41) is 2.84. The number of nitrogens with two attached hydrogens (primary N) is 1. The third-order valence-corrected chi connectivity index (χ3v) is 6.18. The molecule has 1 atom stereocenters. The second kappa shape index (κ2) is 11.7. The van der Waals surface area contributed by atoms with Crippen molar-refractivity contribution in [1.29, 1.82) is 0 Å². The highest BCUT2D eigenvalue weighted by Gasteiger charge is 2.17. The number of rotatable bonds is 8. The molecule has 0 radical (unpaired) electrons. The fourth-order valence-corrected chi connectivity index (χ4v) is 3.99. The van der Waals surface area contributed by atoms with E-state index in [4.69, 9.17) is 10.5 Å². The predicted octanol–water partition coefficient (Wildman–Crippen LogP) is 5.82. The number of nitrogens with zero attached hydrogens (tertiary/aromatic N) is 1. The highest BCUT2D eigenvalue weighted by molar-refractivity contribution is 9.10. The molecule has 0 fully saturated rings. The summed E-state index contributed by atoms with van der Waals surface area (Å²) in [5.74, 6) is -1.21. The van der Waals surface area contributed by atoms with Gasteiger partial charge in [0.1, 0.15) is 0 Å². The van der Waals surface area contributed by atoms with Gasteiger partial charge in [-0.05, 0) is 72.1 Å². The van der Waals surface area contributed by atoms with Gasteiger partial charge in [0.25, 0.3) is 5.91 Å². The molecule has 7 nitrogen and oxygen atoms in total. The molecule has 8 heteroatoms. The minimum atomic E-state index is -0.624. The molecule has 0 saturated heterocycles. The highest BCUT2D eigenvalue weighted by atomic mass is 79.9. The lowest BCUT2D eigenvalue weighted by Gasteiger charge is -2.16. The van der Waals surface area contributed by atoms with Crippen molar-refractivity contribution in [3.8, 4) is 11.1 Å². The monoisotopic (exact) mass is 557 g/mol. The van der Waals surface area contributed by atoms with Gasteiger partial charge in [0.05, 0.1) is 5.56 Å². The van der Waals surface area contributed by atoms with Crippen molar-refractivity contribution < 1.29 is 19.1 Å². The van der Waals surface area contributed by atoms with Crippen LogP contribution in [0.2, 0.25) is 0 Å². The van der Waals surface area contributed by atoms with Crippen LogP contribution in [0.4, 0.5) is 5.69 Å². The Labute approximate surface area is 222 Å². The predicted molar refractivity (Wildman–Crippen MR) is 145 cm³/mol. The van der Waals surface area contributed by atoms with E-state index in [1.165, 1.54) is 0 Å². The molecule has 0 aliphatic carbocycles. The minimum absolute atomic E-state index is 0.281. The smallest absolute Gasteiger partial charge is 0.338 e.